The Morgan fingerprint density at radius 1 is 0.912 bits per heavy atom. The van der Waals surface area contributed by atoms with E-state index in [0.717, 1.165) is 17.7 Å². The molecule has 1 fully saturated rings. The van der Waals surface area contributed by atoms with Crippen LogP contribution in [0, 0.1) is 6.92 Å². The van der Waals surface area contributed by atoms with Gasteiger partial charge in [-0.1, -0.05) is 23.7 Å². The van der Waals surface area contributed by atoms with Gasteiger partial charge in [-0.2, -0.15) is 13.2 Å². The number of hydrogen-bond acceptors (Lipinski definition) is 4. The van der Waals surface area contributed by atoms with E-state index in [1.807, 2.05) is 0 Å². The van der Waals surface area contributed by atoms with Crippen molar-refractivity contribution < 1.29 is 32.2 Å². The summed E-state index contributed by atoms with van der Waals surface area (Å²) in [5.41, 5.74) is 0.615. The molecule has 4 rings (SSSR count). The SMILES string of the molecule is COc1ccc(C2C(Oc3ccc(Cl)cc3C)C(=O)N2c2cccc(C(F)(F)F)c2)cc1OC. The summed E-state index contributed by atoms with van der Waals surface area (Å²) in [6, 6.07) is 14.0. The van der Waals surface area contributed by atoms with E-state index in [0.29, 0.717) is 27.8 Å². The molecule has 9 heteroatoms. The first-order valence-electron chi connectivity index (χ1n) is 10.3. The first-order chi connectivity index (χ1) is 16.1. The number of carbonyl (C=O) groups is 1. The Morgan fingerprint density at radius 3 is 2.26 bits per heavy atom. The minimum atomic E-state index is -4.54. The molecule has 1 saturated heterocycles. The number of hydrogen-bond donors (Lipinski definition) is 0. The molecule has 3 aromatic carbocycles. The quantitative estimate of drug-likeness (QED) is 0.384. The van der Waals surface area contributed by atoms with Gasteiger partial charge in [-0.05, 0) is 66.6 Å². The molecule has 1 amide bonds. The summed E-state index contributed by atoms with van der Waals surface area (Å²) >= 11 is 6.02. The molecule has 0 bridgehead atoms. The maximum absolute atomic E-state index is 13.3. The monoisotopic (exact) mass is 491 g/mol. The summed E-state index contributed by atoms with van der Waals surface area (Å²) < 4.78 is 56.7. The summed E-state index contributed by atoms with van der Waals surface area (Å²) in [5, 5.41) is 0.520. The minimum Gasteiger partial charge on any atom is -0.493 e. The molecule has 0 saturated carbocycles. The van der Waals surface area contributed by atoms with Crippen molar-refractivity contribution in [3.63, 3.8) is 0 Å². The molecule has 0 aliphatic carbocycles. The fourth-order valence-electron chi connectivity index (χ4n) is 3.94. The highest BCUT2D eigenvalue weighted by molar-refractivity contribution is 6.30. The lowest BCUT2D eigenvalue weighted by Crippen LogP contribution is -2.61. The number of benzene rings is 3. The number of carbonyl (C=O) groups excluding carboxylic acids is 1. The van der Waals surface area contributed by atoms with E-state index in [1.165, 1.54) is 31.3 Å². The van der Waals surface area contributed by atoms with Gasteiger partial charge >= 0.3 is 6.18 Å². The summed E-state index contributed by atoms with van der Waals surface area (Å²) in [6.45, 7) is 1.79. The van der Waals surface area contributed by atoms with E-state index in [2.05, 4.69) is 0 Å². The van der Waals surface area contributed by atoms with Crippen molar-refractivity contribution in [1.82, 2.24) is 0 Å². The molecule has 34 heavy (non-hydrogen) atoms. The molecule has 0 radical (unpaired) electrons. The van der Waals surface area contributed by atoms with Gasteiger partial charge in [-0.25, -0.2) is 0 Å². The van der Waals surface area contributed by atoms with Gasteiger partial charge in [0.15, 0.2) is 11.5 Å². The molecular weight excluding hydrogens is 471 g/mol. The molecule has 0 N–H and O–H groups in total. The number of nitrogens with zero attached hydrogens (tertiary/aromatic N) is 1. The predicted molar refractivity (Wildman–Crippen MR) is 122 cm³/mol. The van der Waals surface area contributed by atoms with Crippen molar-refractivity contribution in [2.75, 3.05) is 19.1 Å². The fourth-order valence-corrected chi connectivity index (χ4v) is 4.17. The summed E-state index contributed by atoms with van der Waals surface area (Å²) in [5.74, 6) is 0.892. The lowest BCUT2D eigenvalue weighted by atomic mass is 9.89. The Labute approximate surface area is 199 Å². The lowest BCUT2D eigenvalue weighted by molar-refractivity contribution is -0.138. The summed E-state index contributed by atoms with van der Waals surface area (Å²) in [6.07, 6.45) is -5.51. The summed E-state index contributed by atoms with van der Waals surface area (Å²) in [4.78, 5) is 14.5. The number of halogens is 4. The van der Waals surface area contributed by atoms with Gasteiger partial charge in [0.1, 0.15) is 11.8 Å². The Balaban J connectivity index is 1.77. The van der Waals surface area contributed by atoms with Crippen molar-refractivity contribution in [1.29, 1.82) is 0 Å². The van der Waals surface area contributed by atoms with Gasteiger partial charge in [-0.15, -0.1) is 0 Å². The molecule has 178 valence electrons. The Kier molecular flexibility index (Phi) is 6.36. The second kappa shape index (κ2) is 9.10. The first-order valence-corrected chi connectivity index (χ1v) is 10.7. The van der Waals surface area contributed by atoms with Gasteiger partial charge in [0.25, 0.3) is 5.91 Å². The zero-order valence-corrected chi connectivity index (χ0v) is 19.3. The first kappa shape index (κ1) is 23.8. The third-order valence-corrected chi connectivity index (χ3v) is 5.87. The third kappa shape index (κ3) is 4.37. The van der Waals surface area contributed by atoms with Gasteiger partial charge in [0, 0.05) is 10.7 Å². The van der Waals surface area contributed by atoms with Crippen molar-refractivity contribution in [3.8, 4) is 17.2 Å². The van der Waals surface area contributed by atoms with Crippen LogP contribution in [-0.4, -0.2) is 26.2 Å². The number of alkyl halides is 3. The summed E-state index contributed by atoms with van der Waals surface area (Å²) in [7, 11) is 2.97. The van der Waals surface area contributed by atoms with E-state index >= 15 is 0 Å². The molecule has 2 unspecified atom stereocenters. The zero-order valence-electron chi connectivity index (χ0n) is 18.5. The highest BCUT2D eigenvalue weighted by Crippen LogP contribution is 2.45. The smallest absolute Gasteiger partial charge is 0.416 e. The van der Waals surface area contributed by atoms with Gasteiger partial charge in [-0.3, -0.25) is 9.69 Å². The largest absolute Gasteiger partial charge is 0.493 e. The standard InChI is InChI=1S/C25H21ClF3NO4/c1-14-11-17(26)8-10-19(14)34-23-22(15-7-9-20(32-2)21(12-15)33-3)30(24(23)31)18-6-4-5-16(13-18)25(27,28)29/h4-13,22-23H,1-3H3. The average molecular weight is 492 g/mol. The molecule has 5 nitrogen and oxygen atoms in total. The molecule has 1 aliphatic rings. The van der Waals surface area contributed by atoms with E-state index in [4.69, 9.17) is 25.8 Å². The Hall–Kier alpha value is -3.39. The van der Waals surface area contributed by atoms with E-state index < -0.39 is 29.8 Å². The van der Waals surface area contributed by atoms with Crippen LogP contribution in [0.25, 0.3) is 0 Å². The molecule has 1 aliphatic heterocycles. The van der Waals surface area contributed by atoms with Crippen molar-refractivity contribution in [2.24, 2.45) is 0 Å². The van der Waals surface area contributed by atoms with Gasteiger partial charge in [0.2, 0.25) is 6.10 Å². The maximum Gasteiger partial charge on any atom is 0.416 e. The molecule has 2 atom stereocenters. The molecular formula is C25H21ClF3NO4. The van der Waals surface area contributed by atoms with Crippen LogP contribution in [-0.2, 0) is 11.0 Å². The van der Waals surface area contributed by atoms with E-state index in [9.17, 15) is 18.0 Å². The van der Waals surface area contributed by atoms with Crippen LogP contribution in [0.4, 0.5) is 18.9 Å². The number of β-lactam (4-membered cyclic amide) rings is 1. The van der Waals surface area contributed by atoms with E-state index in [-0.39, 0.29) is 5.69 Å². The number of aryl methyl sites for hydroxylation is 1. The fraction of sp³-hybridized carbons (Fsp3) is 0.240. The topological polar surface area (TPSA) is 48.0 Å². The van der Waals surface area contributed by atoms with Crippen LogP contribution in [0.5, 0.6) is 17.2 Å². The molecule has 3 aromatic rings. The van der Waals surface area contributed by atoms with Crippen LogP contribution in [0.15, 0.2) is 60.7 Å². The molecule has 0 spiro atoms. The second-order valence-electron chi connectivity index (χ2n) is 7.76. The number of rotatable bonds is 6. The highest BCUT2D eigenvalue weighted by Gasteiger charge is 2.51. The minimum absolute atomic E-state index is 0.118. The third-order valence-electron chi connectivity index (χ3n) is 5.64. The molecule has 1 heterocycles. The lowest BCUT2D eigenvalue weighted by Gasteiger charge is -2.47. The van der Waals surface area contributed by atoms with Crippen LogP contribution in [0.1, 0.15) is 22.7 Å². The second-order valence-corrected chi connectivity index (χ2v) is 8.20. The van der Waals surface area contributed by atoms with Crippen molar-refractivity contribution in [2.45, 2.75) is 25.2 Å². The average Bonchev–Trinajstić information content (AvgIpc) is 2.80. The van der Waals surface area contributed by atoms with Gasteiger partial charge in [0.05, 0.1) is 19.8 Å². The number of ether oxygens (including phenoxy) is 3. The number of anilines is 1. The van der Waals surface area contributed by atoms with Crippen molar-refractivity contribution in [3.05, 3.63) is 82.4 Å². The maximum atomic E-state index is 13.3. The van der Waals surface area contributed by atoms with Crippen LogP contribution < -0.4 is 19.1 Å². The number of amides is 1. The van der Waals surface area contributed by atoms with Crippen molar-refractivity contribution >= 4 is 23.2 Å². The van der Waals surface area contributed by atoms with Crippen LogP contribution >= 0.6 is 11.6 Å². The van der Waals surface area contributed by atoms with Crippen LogP contribution in [0.3, 0.4) is 0 Å². The Morgan fingerprint density at radius 2 is 1.62 bits per heavy atom. The van der Waals surface area contributed by atoms with E-state index in [1.54, 1.807) is 43.3 Å². The predicted octanol–water partition coefficient (Wildman–Crippen LogP) is 6.22. The zero-order chi connectivity index (χ0) is 24.6. The van der Waals surface area contributed by atoms with Gasteiger partial charge < -0.3 is 14.2 Å². The molecule has 0 aromatic heterocycles. The Bertz CT molecular complexity index is 1230. The highest BCUT2D eigenvalue weighted by atomic mass is 35.5. The normalized spacial score (nSPS) is 17.9. The number of methoxy groups -OCH3 is 2. The van der Waals surface area contributed by atoms with Crippen LogP contribution in [0.2, 0.25) is 5.02 Å².